The van der Waals surface area contributed by atoms with Crippen molar-refractivity contribution in [3.05, 3.63) is 142 Å². The molecule has 13 heteroatoms. The second-order valence-electron chi connectivity index (χ2n) is 20.0. The number of aliphatic imine (C=N–C) groups is 1. The van der Waals surface area contributed by atoms with Gasteiger partial charge >= 0.3 is 29.6 Å². The molecule has 4 aromatic rings. The van der Waals surface area contributed by atoms with Crippen molar-refractivity contribution >= 4 is 16.1 Å². The van der Waals surface area contributed by atoms with E-state index in [1.54, 1.807) is 12.1 Å². The summed E-state index contributed by atoms with van der Waals surface area (Å²) in [6.07, 6.45) is 8.86. The fourth-order valence-corrected chi connectivity index (χ4v) is 13.5. The molecule has 2 aliphatic carbocycles. The number of hydrogen-bond donors (Lipinski definition) is 5. The molecule has 1 saturated carbocycles. The first-order chi connectivity index (χ1) is 32.2. The van der Waals surface area contributed by atoms with E-state index in [0.717, 1.165) is 47.1 Å². The minimum atomic E-state index is -4.90. The summed E-state index contributed by atoms with van der Waals surface area (Å²) in [6.45, 7) is 1.94. The Hall–Kier alpha value is -4.16. The van der Waals surface area contributed by atoms with Crippen LogP contribution in [0.1, 0.15) is 135 Å². The second-order valence-corrected chi connectivity index (χ2v) is 21.6. The van der Waals surface area contributed by atoms with Crippen LogP contribution in [-0.4, -0.2) is 57.8 Å². The second kappa shape index (κ2) is 21.1. The third-order valence-corrected chi connectivity index (χ3v) is 16.9. The molecule has 12 rings (SSSR count). The summed E-state index contributed by atoms with van der Waals surface area (Å²) < 4.78 is 56.1. The summed E-state index contributed by atoms with van der Waals surface area (Å²) in [4.78, 5) is 4.99. The molecule has 2 fully saturated rings. The van der Waals surface area contributed by atoms with E-state index in [4.69, 9.17) is 25.9 Å². The normalized spacial score (nSPS) is 29.0. The zero-order valence-electron chi connectivity index (χ0n) is 39.3. The summed E-state index contributed by atoms with van der Waals surface area (Å²) in [5, 5.41) is 32.5. The number of aromatic hydroxyl groups is 1. The van der Waals surface area contributed by atoms with E-state index in [1.165, 1.54) is 0 Å². The average Bonchev–Trinajstić information content (AvgIpc) is 3.44. The zero-order chi connectivity index (χ0) is 46.9. The van der Waals surface area contributed by atoms with Gasteiger partial charge in [-0.1, -0.05) is 117 Å². The maximum Gasteiger partial charge on any atom is 1.00 e. The Morgan fingerprint density at radius 2 is 1.66 bits per heavy atom. The fraction of sp³-hybridized carbons (Fsp3) is 0.473. The summed E-state index contributed by atoms with van der Waals surface area (Å²) in [6, 6.07) is 30.8. The summed E-state index contributed by atoms with van der Waals surface area (Å²) in [5.41, 5.74) is 16.0. The van der Waals surface area contributed by atoms with Crippen molar-refractivity contribution in [3.8, 4) is 23.3 Å². The fourth-order valence-electron chi connectivity index (χ4n) is 12.4. The first-order valence-electron chi connectivity index (χ1n) is 24.2. The van der Waals surface area contributed by atoms with Crippen LogP contribution in [0, 0.1) is 35.5 Å². The van der Waals surface area contributed by atoms with Gasteiger partial charge < -0.3 is 40.8 Å². The SMILES string of the molecule is CC[C@H]1C[C@@H](S(=O)(=O)[O-])[C@H]2C=C3C[C@@H](C[C@H]4C[C@H](CO)CC#Cc5cc(O)ccc5[C@@H]3O4)[C@@H]2c2ccc(cc2)[C@](C[C@H](Cc2ccccc2)C2(O)CCCCC2)(N=C(N)N)Oc2ccc1cc2.[Na+]. The molecule has 354 valence electrons. The standard InChI is InChI=1S/C55H65N3O8S.Na/c1-2-37-32-50(67(62,63)64)49-31-42-28-41(30-47-27-36(34-59)12-9-13-40-29-45(60)20-23-48(40)52(42)65-47)51(49)39-14-18-43(19-15-39)55(58-53(56)57,66-46-21-16-38(37)17-22-46)33-44(26-35-10-5-3-6-11-35)54(61)24-7-4-8-25-54;/h3,5-6,10-11,14-23,29,31,36-37,41,44,47,49-52,59-61H,2,4,7-8,12,24-28,30,32-34H2,1H3,(H4,56,57,58)(H,62,63,64);/q;+1/p-1/t36-,37+,41+,44+,47-,49-,50-,51+,52-,55-;/m1./s1. The van der Waals surface area contributed by atoms with E-state index in [-0.39, 0.29) is 90.5 Å². The van der Waals surface area contributed by atoms with Gasteiger partial charge in [0.1, 0.15) is 17.6 Å². The molecule has 8 aliphatic rings. The van der Waals surface area contributed by atoms with Crippen molar-refractivity contribution in [3.63, 3.8) is 0 Å². The van der Waals surface area contributed by atoms with Crippen LogP contribution in [-0.2, 0) is 27.0 Å². The van der Waals surface area contributed by atoms with E-state index in [2.05, 4.69) is 24.0 Å². The zero-order valence-corrected chi connectivity index (χ0v) is 42.1. The molecule has 8 bridgehead atoms. The molecule has 0 amide bonds. The van der Waals surface area contributed by atoms with E-state index in [1.807, 2.05) is 85.8 Å². The van der Waals surface area contributed by atoms with Gasteiger partial charge in [0.15, 0.2) is 5.96 Å². The number of hydrogen-bond acceptors (Lipinski definition) is 9. The van der Waals surface area contributed by atoms with Gasteiger partial charge in [0, 0.05) is 36.1 Å². The topological polar surface area (TPSA) is 201 Å². The van der Waals surface area contributed by atoms with Gasteiger partial charge in [0.05, 0.1) is 27.1 Å². The molecule has 0 radical (unpaired) electrons. The molecular weight excluding hydrogens is 886 g/mol. The number of guanidine groups is 1. The summed E-state index contributed by atoms with van der Waals surface area (Å²) in [7, 11) is -4.90. The first-order valence-corrected chi connectivity index (χ1v) is 25.7. The van der Waals surface area contributed by atoms with Crippen molar-refractivity contribution in [1.82, 2.24) is 0 Å². The predicted octanol–water partition coefficient (Wildman–Crippen LogP) is 5.59. The van der Waals surface area contributed by atoms with Gasteiger partial charge in [-0.2, -0.15) is 0 Å². The average molecular weight is 950 g/mol. The van der Waals surface area contributed by atoms with Crippen LogP contribution in [0.15, 0.2) is 114 Å². The van der Waals surface area contributed by atoms with Gasteiger partial charge in [-0.05, 0) is 133 Å². The van der Waals surface area contributed by atoms with Crippen LogP contribution in [0.4, 0.5) is 0 Å². The van der Waals surface area contributed by atoms with Crippen LogP contribution in [0.2, 0.25) is 0 Å². The largest absolute Gasteiger partial charge is 1.00 e. The predicted molar refractivity (Wildman–Crippen MR) is 258 cm³/mol. The molecule has 4 aromatic carbocycles. The number of phenolic OH excluding ortho intramolecular Hbond substituents is 1. The Kier molecular flexibility index (Phi) is 15.6. The number of aliphatic hydroxyl groups excluding tert-OH is 1. The number of aliphatic hydroxyl groups is 2. The Morgan fingerprint density at radius 1 is 0.941 bits per heavy atom. The number of fused-ring (bicyclic) bond motifs is 7. The van der Waals surface area contributed by atoms with Gasteiger partial charge in [0.2, 0.25) is 5.72 Å². The number of rotatable bonds is 9. The van der Waals surface area contributed by atoms with Crippen LogP contribution < -0.4 is 45.8 Å². The van der Waals surface area contributed by atoms with E-state index < -0.39 is 44.6 Å². The molecule has 7 N–H and O–H groups in total. The van der Waals surface area contributed by atoms with Crippen molar-refractivity contribution < 1.29 is 67.3 Å². The van der Waals surface area contributed by atoms with Crippen LogP contribution in [0.5, 0.6) is 11.5 Å². The van der Waals surface area contributed by atoms with Crippen LogP contribution >= 0.6 is 0 Å². The maximum atomic E-state index is 14.0. The number of ether oxygens (including phenoxy) is 2. The molecule has 0 aromatic heterocycles. The first kappa shape index (κ1) is 50.2. The molecule has 0 spiro atoms. The number of nitrogens with two attached hydrogens (primary N) is 2. The molecule has 10 atom stereocenters. The van der Waals surface area contributed by atoms with Gasteiger partial charge in [-0.15, -0.1) is 0 Å². The van der Waals surface area contributed by atoms with Gasteiger partial charge in [-0.3, -0.25) is 0 Å². The Labute approximate surface area is 423 Å². The van der Waals surface area contributed by atoms with Crippen LogP contribution in [0.25, 0.3) is 0 Å². The molecular formula is C55H64N3NaO8S. The summed E-state index contributed by atoms with van der Waals surface area (Å²) in [5.74, 6) is 4.81. The van der Waals surface area contributed by atoms with E-state index in [0.29, 0.717) is 68.2 Å². The maximum absolute atomic E-state index is 14.0. The number of nitrogens with zero attached hydrogens (tertiary/aromatic N) is 1. The van der Waals surface area contributed by atoms with Crippen molar-refractivity contribution in [2.24, 2.45) is 40.1 Å². The third kappa shape index (κ3) is 10.8. The van der Waals surface area contributed by atoms with Gasteiger partial charge in [-0.25, -0.2) is 13.4 Å². The van der Waals surface area contributed by atoms with Crippen LogP contribution in [0.3, 0.4) is 0 Å². The van der Waals surface area contributed by atoms with Gasteiger partial charge in [0.25, 0.3) is 0 Å². The molecule has 6 aliphatic heterocycles. The van der Waals surface area contributed by atoms with Crippen molar-refractivity contribution in [2.45, 2.75) is 131 Å². The molecule has 1 saturated heterocycles. The van der Waals surface area contributed by atoms with Crippen molar-refractivity contribution in [1.29, 1.82) is 0 Å². The molecule has 11 nitrogen and oxygen atoms in total. The monoisotopic (exact) mass is 949 g/mol. The van der Waals surface area contributed by atoms with E-state index in [9.17, 15) is 28.3 Å². The summed E-state index contributed by atoms with van der Waals surface area (Å²) >= 11 is 0. The quantitative estimate of drug-likeness (QED) is 0.0352. The van der Waals surface area contributed by atoms with Crippen molar-refractivity contribution in [2.75, 3.05) is 6.61 Å². The minimum Gasteiger partial charge on any atom is -0.748 e. The molecule has 6 heterocycles. The Balaban J connectivity index is 0.00000625. The molecule has 68 heavy (non-hydrogen) atoms. The Morgan fingerprint density at radius 3 is 2.34 bits per heavy atom. The number of allylic oxidation sites excluding steroid dienone is 1. The number of phenols is 1. The third-order valence-electron chi connectivity index (χ3n) is 15.7. The number of benzene rings is 4. The van der Waals surface area contributed by atoms with E-state index >= 15 is 0 Å². The minimum absolute atomic E-state index is 0. The molecule has 0 unspecified atom stereocenters. The Bertz CT molecular complexity index is 2620. The smallest absolute Gasteiger partial charge is 0.748 e.